The van der Waals surface area contributed by atoms with Gasteiger partial charge >= 0.3 is 24.3 Å². The molecule has 0 bridgehead atoms. The van der Waals surface area contributed by atoms with Crippen LogP contribution >= 0.6 is 11.6 Å². The van der Waals surface area contributed by atoms with Crippen molar-refractivity contribution in [3.63, 3.8) is 0 Å². The number of carbonyl (C=O) groups excluding carboxylic acids is 7. The van der Waals surface area contributed by atoms with Gasteiger partial charge in [-0.25, -0.2) is 14.4 Å². The number of benzene rings is 6. The molecule has 103 heavy (non-hydrogen) atoms. The molecule has 3 heterocycles. The minimum absolute atomic E-state index is 0.0910. The molecule has 0 unspecified atom stereocenters. The normalized spacial score (nSPS) is 14.0. The van der Waals surface area contributed by atoms with Crippen LogP contribution in [0.1, 0.15) is 117 Å². The maximum absolute atomic E-state index is 15.6. The van der Waals surface area contributed by atoms with Gasteiger partial charge in [0.15, 0.2) is 0 Å². The highest BCUT2D eigenvalue weighted by atomic mass is 35.5. The van der Waals surface area contributed by atoms with Crippen LogP contribution in [0.5, 0.6) is 5.75 Å². The van der Waals surface area contributed by atoms with Gasteiger partial charge in [0.1, 0.15) is 36.7 Å². The summed E-state index contributed by atoms with van der Waals surface area (Å²) in [6, 6.07) is 42.1. The summed E-state index contributed by atoms with van der Waals surface area (Å²) in [6.45, 7) is 8.83. The molecule has 0 saturated heterocycles. The van der Waals surface area contributed by atoms with Crippen LogP contribution in [0.3, 0.4) is 0 Å². The highest BCUT2D eigenvalue weighted by Crippen LogP contribution is 2.45. The van der Waals surface area contributed by atoms with Crippen LogP contribution < -0.4 is 37.1 Å². The zero-order valence-corrected chi connectivity index (χ0v) is 59.7. The molecule has 3 atom stereocenters. The topological polar surface area (TPSA) is 269 Å². The Morgan fingerprint density at radius 2 is 1.44 bits per heavy atom. The molecule has 1 aliphatic carbocycles. The van der Waals surface area contributed by atoms with Crippen molar-refractivity contribution in [3.8, 4) is 34.2 Å². The van der Waals surface area contributed by atoms with Gasteiger partial charge in [-0.2, -0.15) is 18.4 Å². The van der Waals surface area contributed by atoms with Gasteiger partial charge in [0.2, 0.25) is 11.8 Å². The van der Waals surface area contributed by atoms with Crippen LogP contribution in [0.15, 0.2) is 146 Å². The van der Waals surface area contributed by atoms with E-state index in [0.717, 1.165) is 56.6 Å². The number of nitrogens with one attached hydrogen (secondary N) is 3. The molecule has 0 radical (unpaired) electrons. The number of quaternary nitrogens is 1. The number of nitriles is 1. The fraction of sp³-hybridized carbons (Fsp3) is 0.333. The summed E-state index contributed by atoms with van der Waals surface area (Å²) in [5.74, 6) is -5.09. The Bertz CT molecular complexity index is 4550. The van der Waals surface area contributed by atoms with Gasteiger partial charge in [0.25, 0.3) is 11.8 Å². The van der Waals surface area contributed by atoms with Crippen LogP contribution in [-0.4, -0.2) is 130 Å². The number of urea groups is 1. The van der Waals surface area contributed by atoms with Crippen molar-refractivity contribution in [1.82, 2.24) is 29.6 Å². The maximum Gasteiger partial charge on any atom is 0.491 e. The van der Waals surface area contributed by atoms with Crippen molar-refractivity contribution in [2.24, 2.45) is 31.5 Å². The third-order valence-electron chi connectivity index (χ3n) is 19.5. The second-order valence-electron chi connectivity index (χ2n) is 27.4. The van der Waals surface area contributed by atoms with E-state index in [1.54, 1.807) is 88.3 Å². The Labute approximate surface area is 601 Å². The quantitative estimate of drug-likeness (QED) is 0.0155. The highest BCUT2D eigenvalue weighted by molar-refractivity contribution is 6.31. The lowest BCUT2D eigenvalue weighted by Gasteiger charge is -2.38. The molecular formula is C78H85ClF3N12O9+. The van der Waals surface area contributed by atoms with Gasteiger partial charge < -0.3 is 60.3 Å². The predicted molar refractivity (Wildman–Crippen MR) is 387 cm³/mol. The fourth-order valence-electron chi connectivity index (χ4n) is 13.6. The van der Waals surface area contributed by atoms with Crippen molar-refractivity contribution in [2.75, 3.05) is 51.1 Å². The smallest absolute Gasteiger partial charge is 0.448 e. The fourth-order valence-corrected chi connectivity index (χ4v) is 13.7. The largest absolute Gasteiger partial charge is 0.491 e. The number of hydrogen-bond acceptors (Lipinski definition) is 11. The summed E-state index contributed by atoms with van der Waals surface area (Å²) in [6.07, 6.45) is -3.51. The summed E-state index contributed by atoms with van der Waals surface area (Å²) in [5.41, 5.74) is 23.1. The summed E-state index contributed by atoms with van der Waals surface area (Å²) in [7, 11) is 9.30. The van der Waals surface area contributed by atoms with E-state index < -0.39 is 59.8 Å². The van der Waals surface area contributed by atoms with Crippen molar-refractivity contribution in [1.29, 1.82) is 5.26 Å². The number of hydrogen-bond donors (Lipinski definition) is 5. The number of esters is 1. The maximum atomic E-state index is 15.6. The first kappa shape index (κ1) is 74.9. The lowest BCUT2D eigenvalue weighted by Crippen LogP contribution is -2.51. The molecule has 0 spiro atoms. The second kappa shape index (κ2) is 31.7. The molecule has 2 aliphatic rings. The molecule has 1 aliphatic heterocycles. The lowest BCUT2D eigenvalue weighted by atomic mass is 9.90. The molecule has 6 aromatic carbocycles. The predicted octanol–water partition coefficient (Wildman–Crippen LogP) is 12.5. The summed E-state index contributed by atoms with van der Waals surface area (Å²) >= 11 is 6.82. The number of nitrogens with two attached hydrogens (primary N) is 2. The number of alkyl halides is 3. The first-order valence-electron chi connectivity index (χ1n) is 34.0. The number of amides is 7. The molecule has 25 heteroatoms. The van der Waals surface area contributed by atoms with Crippen LogP contribution in [-0.2, 0) is 59.3 Å². The molecule has 0 fully saturated rings. The van der Waals surface area contributed by atoms with Crippen molar-refractivity contribution in [2.45, 2.75) is 110 Å². The zero-order valence-electron chi connectivity index (χ0n) is 59.0. The Hall–Kier alpha value is -10.7. The van der Waals surface area contributed by atoms with Crippen LogP contribution in [0, 0.1) is 31.1 Å². The number of rotatable bonds is 25. The van der Waals surface area contributed by atoms with Gasteiger partial charge in [0.05, 0.1) is 37.9 Å². The Balaban J connectivity index is 0.902. The number of nitrogens with zero attached hydrogens (tertiary/aromatic N) is 7. The van der Waals surface area contributed by atoms with Crippen LogP contribution in [0.4, 0.5) is 39.8 Å². The highest BCUT2D eigenvalue weighted by Gasteiger charge is 2.42. The average Bonchev–Trinajstić information content (AvgIpc) is 1.66. The molecule has 7 amide bonds. The molecule has 0 saturated carbocycles. The third kappa shape index (κ3) is 17.1. The van der Waals surface area contributed by atoms with E-state index in [4.69, 9.17) is 27.8 Å². The number of primary amides is 1. The molecular weight excluding hydrogens is 1340 g/mol. The summed E-state index contributed by atoms with van der Waals surface area (Å²) in [4.78, 5) is 101. The van der Waals surface area contributed by atoms with Crippen LogP contribution in [0.25, 0.3) is 22.4 Å². The van der Waals surface area contributed by atoms with Crippen molar-refractivity contribution >= 4 is 70.4 Å². The molecule has 538 valence electrons. The number of ether oxygens (including phenoxy) is 2. The first-order chi connectivity index (χ1) is 48.9. The average molecular weight is 1430 g/mol. The van der Waals surface area contributed by atoms with E-state index in [1.807, 2.05) is 59.5 Å². The van der Waals surface area contributed by atoms with E-state index in [2.05, 4.69) is 71.2 Å². The van der Waals surface area contributed by atoms with Crippen molar-refractivity contribution in [3.05, 3.63) is 212 Å². The first-order valence-corrected chi connectivity index (χ1v) is 34.3. The van der Waals surface area contributed by atoms with Gasteiger partial charge in [-0.3, -0.25) is 24.1 Å². The third-order valence-corrected chi connectivity index (χ3v) is 19.8. The molecule has 7 N–H and O–H groups in total. The molecule has 10 rings (SSSR count). The zero-order chi connectivity index (χ0) is 74.4. The van der Waals surface area contributed by atoms with Gasteiger partial charge in [-0.1, -0.05) is 104 Å². The van der Waals surface area contributed by atoms with Gasteiger partial charge in [0, 0.05) is 103 Å². The molecule has 21 nitrogen and oxygen atoms in total. The monoisotopic (exact) mass is 1430 g/mol. The standard InChI is InChI=1S/C78H84ClF3N12O9/c1-46(2)70(84)72(96)88-67(25-16-34-86-76(85)100)71(95)87-54-28-26-51(52(36-54)42-89(5)77(101)102-45-66-61-23-14-12-21-59(61)60-22-13-15-24-62(60)66)44-94(8,9)35-17-20-56-37-49-18-10-11-19-50(49)43-92(56)73(97)63-33-27-53(79)38-65(63)69-40-64(47(3)91(69)7)74(98)93(68-39-57(41-83)90(6)48(68)4)55-29-31-58(32-30-55)103-75(99)78(80,81)82/h10-15,18-19,21-24,26-33,36,38-40,46,56,66-67,70H,16-17,20,25,34-35,37,42-45,84H2,1-9H3,(H4-,85,86,87,88,95,96,100)/p+1/t56-,67+,70+/m1/s1. The Morgan fingerprint density at radius 1 is 0.777 bits per heavy atom. The van der Waals surface area contributed by atoms with Crippen molar-refractivity contribution < 1.29 is 60.7 Å². The van der Waals surface area contributed by atoms with Crippen LogP contribution in [0.2, 0.25) is 5.02 Å². The molecule has 8 aromatic rings. The number of halogens is 4. The van der Waals surface area contributed by atoms with E-state index in [0.29, 0.717) is 94.4 Å². The summed E-state index contributed by atoms with van der Waals surface area (Å²) < 4.78 is 54.1. The van der Waals surface area contributed by atoms with E-state index in [1.165, 1.54) is 28.0 Å². The lowest BCUT2D eigenvalue weighted by molar-refractivity contribution is -0.903. The minimum atomic E-state index is -5.25. The number of aromatic nitrogens is 2. The number of anilines is 3. The van der Waals surface area contributed by atoms with Gasteiger partial charge in [-0.15, -0.1) is 0 Å². The number of carbonyl (C=O) groups is 7. The second-order valence-corrected chi connectivity index (χ2v) is 27.8. The number of fused-ring (bicyclic) bond motifs is 4. The molecule has 2 aromatic heterocycles. The van der Waals surface area contributed by atoms with Gasteiger partial charge in [-0.05, 0) is 158 Å². The summed E-state index contributed by atoms with van der Waals surface area (Å²) in [5, 5.41) is 18.7. The SMILES string of the molecule is Cc1c(N(C(=O)c2cc(-c3cc(Cl)ccc3C(=O)N3Cc4ccccc4C[C@H]3CCC[N+](C)(C)Cc3ccc(NC(=O)[C@H](CCCNC(N)=O)NC(=O)[C@@H](N)C(C)C)cc3CN(C)C(=O)OCC3c4ccccc4-c4ccccc43)n(C)c2C)c2ccc(OC(=O)C(F)(F)F)cc2)cc(C#N)n1C. The van der Waals surface area contributed by atoms with E-state index in [9.17, 15) is 42.4 Å². The van der Waals surface area contributed by atoms with E-state index >= 15 is 9.59 Å². The van der Waals surface area contributed by atoms with E-state index in [-0.39, 0.29) is 66.8 Å². The minimum Gasteiger partial charge on any atom is -0.448 e. The Morgan fingerprint density at radius 3 is 2.08 bits per heavy atom. The Kier molecular flexibility index (Phi) is 23.0.